The number of carbonyl (C=O) groups is 1. The molecule has 0 spiro atoms. The van der Waals surface area contributed by atoms with Crippen molar-refractivity contribution >= 4 is 11.7 Å². The fourth-order valence-corrected chi connectivity index (χ4v) is 2.44. The highest BCUT2D eigenvalue weighted by Gasteiger charge is 2.06. The third-order valence-electron chi connectivity index (χ3n) is 3.98. The molecule has 2 rings (SSSR count). The minimum Gasteiger partial charge on any atom is -0.377 e. The number of aromatic nitrogens is 1. The molecule has 1 atom stereocenters. The molecule has 2 N–H and O–H groups in total. The number of rotatable bonds is 8. The van der Waals surface area contributed by atoms with Gasteiger partial charge in [0.05, 0.1) is 6.10 Å². The zero-order valence-corrected chi connectivity index (χ0v) is 14.7. The molecule has 0 aliphatic carbocycles. The van der Waals surface area contributed by atoms with Crippen molar-refractivity contribution in [1.82, 2.24) is 9.88 Å². The number of hydrogen-bond donors (Lipinski definition) is 2. The zero-order valence-electron chi connectivity index (χ0n) is 14.7. The van der Waals surface area contributed by atoms with Crippen LogP contribution in [0.5, 0.6) is 0 Å². The van der Waals surface area contributed by atoms with Crippen molar-refractivity contribution in [1.29, 1.82) is 0 Å². The Balaban J connectivity index is 1.71. The number of urea groups is 1. The average Bonchev–Trinajstić information content (AvgIpc) is 2.62. The lowest BCUT2D eigenvalue weighted by molar-refractivity contribution is 0.119. The molecule has 0 bridgehead atoms. The molecule has 1 aromatic carbocycles. The quantitative estimate of drug-likeness (QED) is 0.723. The number of nitrogens with zero attached hydrogens (tertiary/aromatic N) is 1. The van der Waals surface area contributed by atoms with Gasteiger partial charge in [0, 0.05) is 38.1 Å². The van der Waals surface area contributed by atoms with E-state index in [1.807, 2.05) is 37.3 Å². The molecule has 2 aromatic rings. The predicted molar refractivity (Wildman–Crippen MR) is 98.8 cm³/mol. The Bertz CT molecular complexity index is 742. The Morgan fingerprint density at radius 2 is 2.04 bits per heavy atom. The summed E-state index contributed by atoms with van der Waals surface area (Å²) in [7, 11) is 1.65. The monoisotopic (exact) mass is 343 g/mol. The number of benzene rings is 1. The number of anilines is 1. The Morgan fingerprint density at radius 3 is 2.80 bits per heavy atom. The number of ether oxygens (including phenoxy) is 1. The van der Waals surface area contributed by atoms with E-state index in [2.05, 4.69) is 10.6 Å². The molecule has 0 aliphatic heterocycles. The number of nitrogens with one attached hydrogen (secondary N) is 2. The second-order valence-electron chi connectivity index (χ2n) is 5.82. The SMILES string of the molecule is CO[C@@H](C)c1cccc(NC(=O)NCCCCn2ccccc2=O)c1. The average molecular weight is 343 g/mol. The second-order valence-corrected chi connectivity index (χ2v) is 5.82. The van der Waals surface area contributed by atoms with Crippen LogP contribution in [0.3, 0.4) is 0 Å². The summed E-state index contributed by atoms with van der Waals surface area (Å²) in [5.74, 6) is 0. The number of hydrogen-bond acceptors (Lipinski definition) is 3. The molecule has 0 fully saturated rings. The van der Waals surface area contributed by atoms with E-state index in [1.165, 1.54) is 0 Å². The van der Waals surface area contributed by atoms with E-state index in [-0.39, 0.29) is 17.7 Å². The van der Waals surface area contributed by atoms with Crippen molar-refractivity contribution in [2.45, 2.75) is 32.4 Å². The third-order valence-corrected chi connectivity index (χ3v) is 3.98. The van der Waals surface area contributed by atoms with E-state index in [0.29, 0.717) is 13.1 Å². The number of amides is 2. The number of aryl methyl sites for hydroxylation is 1. The Labute approximate surface area is 147 Å². The van der Waals surface area contributed by atoms with Gasteiger partial charge in [-0.3, -0.25) is 4.79 Å². The molecular weight excluding hydrogens is 318 g/mol. The zero-order chi connectivity index (χ0) is 18.1. The first-order valence-corrected chi connectivity index (χ1v) is 8.43. The largest absolute Gasteiger partial charge is 0.377 e. The van der Waals surface area contributed by atoms with Crippen LogP contribution in [-0.4, -0.2) is 24.3 Å². The van der Waals surface area contributed by atoms with Crippen LogP contribution in [0.2, 0.25) is 0 Å². The molecular formula is C19H25N3O3. The van der Waals surface area contributed by atoms with Crippen LogP contribution < -0.4 is 16.2 Å². The van der Waals surface area contributed by atoms with Crippen LogP contribution in [0.25, 0.3) is 0 Å². The van der Waals surface area contributed by atoms with Crippen molar-refractivity contribution in [3.8, 4) is 0 Å². The maximum Gasteiger partial charge on any atom is 0.319 e. The lowest BCUT2D eigenvalue weighted by Gasteiger charge is -2.12. The molecule has 134 valence electrons. The van der Waals surface area contributed by atoms with Crippen molar-refractivity contribution in [3.63, 3.8) is 0 Å². The van der Waals surface area contributed by atoms with Crippen molar-refractivity contribution in [3.05, 3.63) is 64.6 Å². The van der Waals surface area contributed by atoms with E-state index in [4.69, 9.17) is 4.74 Å². The van der Waals surface area contributed by atoms with Gasteiger partial charge >= 0.3 is 6.03 Å². The van der Waals surface area contributed by atoms with Crippen LogP contribution in [-0.2, 0) is 11.3 Å². The van der Waals surface area contributed by atoms with Crippen LogP contribution in [0.4, 0.5) is 10.5 Å². The fraction of sp³-hybridized carbons (Fsp3) is 0.368. The van der Waals surface area contributed by atoms with Crippen LogP contribution >= 0.6 is 0 Å². The van der Waals surface area contributed by atoms with Crippen molar-refractivity contribution in [2.75, 3.05) is 19.0 Å². The van der Waals surface area contributed by atoms with Gasteiger partial charge in [-0.05, 0) is 43.5 Å². The van der Waals surface area contributed by atoms with Crippen molar-refractivity contribution < 1.29 is 9.53 Å². The van der Waals surface area contributed by atoms with Crippen LogP contribution in [0.1, 0.15) is 31.4 Å². The summed E-state index contributed by atoms with van der Waals surface area (Å²) in [6.07, 6.45) is 3.38. The highest BCUT2D eigenvalue weighted by atomic mass is 16.5. The Morgan fingerprint density at radius 1 is 1.20 bits per heavy atom. The molecule has 1 heterocycles. The van der Waals surface area contributed by atoms with Gasteiger partial charge in [-0.2, -0.15) is 0 Å². The topological polar surface area (TPSA) is 72.4 Å². The Hall–Kier alpha value is -2.60. The summed E-state index contributed by atoms with van der Waals surface area (Å²) < 4.78 is 6.95. The lowest BCUT2D eigenvalue weighted by Crippen LogP contribution is -2.29. The third kappa shape index (κ3) is 6.08. The lowest BCUT2D eigenvalue weighted by atomic mass is 10.1. The van der Waals surface area contributed by atoms with Gasteiger partial charge in [-0.25, -0.2) is 4.79 Å². The molecule has 6 heteroatoms. The fourth-order valence-electron chi connectivity index (χ4n) is 2.44. The summed E-state index contributed by atoms with van der Waals surface area (Å²) in [5.41, 5.74) is 1.74. The van der Waals surface area contributed by atoms with E-state index < -0.39 is 0 Å². The van der Waals surface area contributed by atoms with Gasteiger partial charge in [0.15, 0.2) is 0 Å². The second kappa shape index (κ2) is 9.64. The van der Waals surface area contributed by atoms with Gasteiger partial charge in [0.25, 0.3) is 0 Å². The number of methoxy groups -OCH3 is 1. The minimum absolute atomic E-state index is 0.00151. The predicted octanol–water partition coefficient (Wildman–Crippen LogP) is 3.16. The van der Waals surface area contributed by atoms with Gasteiger partial charge in [0.1, 0.15) is 0 Å². The molecule has 0 saturated carbocycles. The van der Waals surface area contributed by atoms with E-state index in [1.54, 1.807) is 30.0 Å². The summed E-state index contributed by atoms with van der Waals surface area (Å²) in [6, 6.07) is 12.5. The van der Waals surface area contributed by atoms with Crippen LogP contribution in [0, 0.1) is 0 Å². The molecule has 25 heavy (non-hydrogen) atoms. The normalized spacial score (nSPS) is 11.8. The van der Waals surface area contributed by atoms with Gasteiger partial charge < -0.3 is 19.9 Å². The van der Waals surface area contributed by atoms with E-state index >= 15 is 0 Å². The smallest absolute Gasteiger partial charge is 0.319 e. The maximum atomic E-state index is 11.9. The summed E-state index contributed by atoms with van der Waals surface area (Å²) in [6.45, 7) is 3.17. The summed E-state index contributed by atoms with van der Waals surface area (Å²) >= 11 is 0. The van der Waals surface area contributed by atoms with Gasteiger partial charge in [0.2, 0.25) is 5.56 Å². The minimum atomic E-state index is -0.237. The molecule has 0 unspecified atom stereocenters. The molecule has 2 amide bonds. The molecule has 0 radical (unpaired) electrons. The van der Waals surface area contributed by atoms with Gasteiger partial charge in [-0.15, -0.1) is 0 Å². The molecule has 6 nitrogen and oxygen atoms in total. The maximum absolute atomic E-state index is 11.9. The summed E-state index contributed by atoms with van der Waals surface area (Å²) in [5, 5.41) is 5.64. The number of carbonyl (C=O) groups excluding carboxylic acids is 1. The van der Waals surface area contributed by atoms with Crippen molar-refractivity contribution in [2.24, 2.45) is 0 Å². The first-order valence-electron chi connectivity index (χ1n) is 8.43. The Kier molecular flexibility index (Phi) is 7.22. The van der Waals surface area contributed by atoms with Crippen LogP contribution in [0.15, 0.2) is 53.5 Å². The first kappa shape index (κ1) is 18.7. The number of unbranched alkanes of at least 4 members (excludes halogenated alkanes) is 1. The first-order chi connectivity index (χ1) is 12.1. The molecule has 1 aromatic heterocycles. The van der Waals surface area contributed by atoms with Gasteiger partial charge in [-0.1, -0.05) is 18.2 Å². The molecule has 0 saturated heterocycles. The number of pyridine rings is 1. The highest BCUT2D eigenvalue weighted by Crippen LogP contribution is 2.19. The molecule has 0 aliphatic rings. The van der Waals surface area contributed by atoms with E-state index in [0.717, 1.165) is 24.1 Å². The standard InChI is InChI=1S/C19H25N3O3/c1-15(25-2)16-8-7-9-17(14-16)21-19(24)20-11-4-6-13-22-12-5-3-10-18(22)23/h3,5,7-10,12,14-15H,4,6,11,13H2,1-2H3,(H2,20,21,24)/t15-/m0/s1. The highest BCUT2D eigenvalue weighted by molar-refractivity contribution is 5.89. The van der Waals surface area contributed by atoms with E-state index in [9.17, 15) is 9.59 Å². The summed E-state index contributed by atoms with van der Waals surface area (Å²) in [4.78, 5) is 23.5.